The predicted molar refractivity (Wildman–Crippen MR) is 136 cm³/mol. The van der Waals surface area contributed by atoms with Crippen LogP contribution in [-0.2, 0) is 16.0 Å². The average Bonchev–Trinajstić information content (AvgIpc) is 3.44. The number of amides is 2. The molecule has 8 heteroatoms. The Hall–Kier alpha value is -3.78. The van der Waals surface area contributed by atoms with Crippen LogP contribution in [0.4, 0.5) is 11.4 Å². The van der Waals surface area contributed by atoms with Crippen molar-refractivity contribution in [3.63, 3.8) is 0 Å². The summed E-state index contributed by atoms with van der Waals surface area (Å²) >= 11 is 0. The number of nitrogens with one attached hydrogen (secondary N) is 2. The fourth-order valence-corrected chi connectivity index (χ4v) is 4.26. The van der Waals surface area contributed by atoms with Crippen molar-refractivity contribution in [1.82, 2.24) is 10.2 Å². The number of furan rings is 1. The van der Waals surface area contributed by atoms with Gasteiger partial charge in [0.25, 0.3) is 0 Å². The Morgan fingerprint density at radius 1 is 0.971 bits per heavy atom. The van der Waals surface area contributed by atoms with E-state index in [-0.39, 0.29) is 12.6 Å². The molecule has 4 rings (SSSR count). The topological polar surface area (TPSA) is 87.0 Å². The zero-order chi connectivity index (χ0) is 24.6. The van der Waals surface area contributed by atoms with Crippen molar-refractivity contribution in [3.8, 4) is 5.75 Å². The van der Waals surface area contributed by atoms with Gasteiger partial charge in [0.05, 0.1) is 19.4 Å². The number of carbonyl (C=O) groups is 2. The number of piperazine rings is 1. The number of benzene rings is 2. The number of nitrogens with zero attached hydrogens (tertiary/aromatic N) is 2. The smallest absolute Gasteiger partial charge is 0.313 e. The molecule has 1 saturated heterocycles. The molecule has 2 aromatic carbocycles. The first-order valence-corrected chi connectivity index (χ1v) is 11.9. The summed E-state index contributed by atoms with van der Waals surface area (Å²) in [5.41, 5.74) is 2.91. The maximum absolute atomic E-state index is 12.5. The molecule has 1 fully saturated rings. The van der Waals surface area contributed by atoms with Gasteiger partial charge in [0.2, 0.25) is 0 Å². The van der Waals surface area contributed by atoms with Gasteiger partial charge in [0.15, 0.2) is 0 Å². The summed E-state index contributed by atoms with van der Waals surface area (Å²) in [5, 5.41) is 5.45. The second-order valence-corrected chi connectivity index (χ2v) is 8.47. The average molecular weight is 477 g/mol. The van der Waals surface area contributed by atoms with Gasteiger partial charge in [-0.05, 0) is 60.5 Å². The summed E-state index contributed by atoms with van der Waals surface area (Å²) < 4.78 is 10.9. The van der Waals surface area contributed by atoms with Crippen LogP contribution in [0.3, 0.4) is 0 Å². The number of carbonyl (C=O) groups excluding carboxylic acids is 2. The van der Waals surface area contributed by atoms with Gasteiger partial charge in [-0.2, -0.15) is 0 Å². The van der Waals surface area contributed by atoms with E-state index in [0.29, 0.717) is 5.69 Å². The van der Waals surface area contributed by atoms with Gasteiger partial charge < -0.3 is 24.7 Å². The van der Waals surface area contributed by atoms with Crippen molar-refractivity contribution < 1.29 is 18.7 Å². The Balaban J connectivity index is 1.33. The van der Waals surface area contributed by atoms with E-state index in [0.717, 1.165) is 49.8 Å². The highest BCUT2D eigenvalue weighted by atomic mass is 16.5. The van der Waals surface area contributed by atoms with E-state index in [9.17, 15) is 9.59 Å². The minimum Gasteiger partial charge on any atom is -0.497 e. The van der Waals surface area contributed by atoms with E-state index in [2.05, 4.69) is 39.5 Å². The Morgan fingerprint density at radius 3 is 2.29 bits per heavy atom. The Kier molecular flexibility index (Phi) is 8.05. The van der Waals surface area contributed by atoms with Gasteiger partial charge in [-0.25, -0.2) is 0 Å². The standard InChI is InChI=1S/C27H32N4O4/c1-3-20-6-8-21(9-7-20)29-27(33)26(32)28-19-24(25-5-4-18-35-25)31-16-14-30(15-17-31)22-10-12-23(34-2)13-11-22/h4-13,18,24H,3,14-17,19H2,1-2H3,(H,28,32)(H,29,33). The fraction of sp³-hybridized carbons (Fsp3) is 0.333. The van der Waals surface area contributed by atoms with E-state index >= 15 is 0 Å². The zero-order valence-corrected chi connectivity index (χ0v) is 20.2. The van der Waals surface area contributed by atoms with Crippen LogP contribution in [0.25, 0.3) is 0 Å². The lowest BCUT2D eigenvalue weighted by Gasteiger charge is -2.39. The normalized spacial score (nSPS) is 14.9. The zero-order valence-electron chi connectivity index (χ0n) is 20.2. The van der Waals surface area contributed by atoms with Crippen LogP contribution in [0.15, 0.2) is 71.3 Å². The highest BCUT2D eigenvalue weighted by Crippen LogP contribution is 2.25. The first-order chi connectivity index (χ1) is 17.1. The van der Waals surface area contributed by atoms with E-state index in [1.165, 1.54) is 5.56 Å². The minimum atomic E-state index is -0.684. The number of hydrogen-bond donors (Lipinski definition) is 2. The first-order valence-electron chi connectivity index (χ1n) is 11.9. The van der Waals surface area contributed by atoms with Crippen molar-refractivity contribution in [3.05, 3.63) is 78.3 Å². The van der Waals surface area contributed by atoms with E-state index < -0.39 is 11.8 Å². The highest BCUT2D eigenvalue weighted by Gasteiger charge is 2.28. The molecule has 184 valence electrons. The molecular formula is C27H32N4O4. The number of anilines is 2. The summed E-state index contributed by atoms with van der Waals surface area (Å²) in [7, 11) is 1.66. The van der Waals surface area contributed by atoms with Gasteiger partial charge in [0, 0.05) is 44.1 Å². The lowest BCUT2D eigenvalue weighted by Crippen LogP contribution is -2.50. The van der Waals surface area contributed by atoms with E-state index in [1.54, 1.807) is 25.5 Å². The molecule has 0 radical (unpaired) electrons. The van der Waals surface area contributed by atoms with Crippen LogP contribution in [0.1, 0.15) is 24.3 Å². The van der Waals surface area contributed by atoms with Crippen molar-refractivity contribution in [1.29, 1.82) is 0 Å². The monoisotopic (exact) mass is 476 g/mol. The maximum Gasteiger partial charge on any atom is 0.313 e. The lowest BCUT2D eigenvalue weighted by atomic mass is 10.1. The largest absolute Gasteiger partial charge is 0.497 e. The maximum atomic E-state index is 12.5. The molecule has 1 unspecified atom stereocenters. The SMILES string of the molecule is CCc1ccc(NC(=O)C(=O)NCC(c2ccco2)N2CCN(c3ccc(OC)cc3)CC2)cc1. The molecule has 3 aromatic rings. The Morgan fingerprint density at radius 2 is 1.69 bits per heavy atom. The molecule has 1 aliphatic heterocycles. The molecule has 35 heavy (non-hydrogen) atoms. The molecule has 2 heterocycles. The van der Waals surface area contributed by atoms with Crippen LogP contribution in [0.2, 0.25) is 0 Å². The van der Waals surface area contributed by atoms with Crippen LogP contribution in [0, 0.1) is 0 Å². The van der Waals surface area contributed by atoms with Crippen LogP contribution in [0.5, 0.6) is 5.75 Å². The summed E-state index contributed by atoms with van der Waals surface area (Å²) in [5.74, 6) is 0.247. The van der Waals surface area contributed by atoms with Crippen molar-refractivity contribution in [2.45, 2.75) is 19.4 Å². The van der Waals surface area contributed by atoms with Crippen LogP contribution in [-0.4, -0.2) is 56.5 Å². The fourth-order valence-electron chi connectivity index (χ4n) is 4.26. The number of rotatable bonds is 8. The molecule has 1 aromatic heterocycles. The molecule has 0 saturated carbocycles. The van der Waals surface area contributed by atoms with E-state index in [1.807, 2.05) is 36.4 Å². The highest BCUT2D eigenvalue weighted by molar-refractivity contribution is 6.39. The molecule has 0 spiro atoms. The molecule has 8 nitrogen and oxygen atoms in total. The first kappa shape index (κ1) is 24.3. The van der Waals surface area contributed by atoms with Crippen molar-refractivity contribution in [2.24, 2.45) is 0 Å². The van der Waals surface area contributed by atoms with Gasteiger partial charge in [-0.15, -0.1) is 0 Å². The Bertz CT molecular complexity index is 1090. The van der Waals surface area contributed by atoms with Gasteiger partial charge in [-0.3, -0.25) is 14.5 Å². The number of aryl methyl sites for hydroxylation is 1. The van der Waals surface area contributed by atoms with E-state index in [4.69, 9.17) is 9.15 Å². The number of ether oxygens (including phenoxy) is 1. The summed E-state index contributed by atoms with van der Waals surface area (Å²) in [6.07, 6.45) is 2.54. The third-order valence-electron chi connectivity index (χ3n) is 6.35. The summed E-state index contributed by atoms with van der Waals surface area (Å²) in [4.78, 5) is 29.5. The van der Waals surface area contributed by atoms with Gasteiger partial charge in [-0.1, -0.05) is 19.1 Å². The number of methoxy groups -OCH3 is 1. The molecule has 1 aliphatic rings. The van der Waals surface area contributed by atoms with Gasteiger partial charge >= 0.3 is 11.8 Å². The lowest BCUT2D eigenvalue weighted by molar-refractivity contribution is -0.136. The predicted octanol–water partition coefficient (Wildman–Crippen LogP) is 3.47. The third-order valence-corrected chi connectivity index (χ3v) is 6.35. The molecule has 0 bridgehead atoms. The molecule has 2 N–H and O–H groups in total. The molecule has 2 amide bonds. The van der Waals surface area contributed by atoms with Gasteiger partial charge in [0.1, 0.15) is 11.5 Å². The number of hydrogen-bond acceptors (Lipinski definition) is 6. The van der Waals surface area contributed by atoms with Crippen LogP contribution >= 0.6 is 0 Å². The summed E-state index contributed by atoms with van der Waals surface area (Å²) in [6.45, 7) is 5.61. The second-order valence-electron chi connectivity index (χ2n) is 8.47. The Labute approximate surface area is 205 Å². The third kappa shape index (κ3) is 6.22. The quantitative estimate of drug-likeness (QED) is 0.484. The minimum absolute atomic E-state index is 0.163. The summed E-state index contributed by atoms with van der Waals surface area (Å²) in [6, 6.07) is 19.1. The second kappa shape index (κ2) is 11.6. The van der Waals surface area contributed by atoms with Crippen molar-refractivity contribution in [2.75, 3.05) is 50.1 Å². The molecular weight excluding hydrogens is 444 g/mol. The van der Waals surface area contributed by atoms with Crippen molar-refractivity contribution >= 4 is 23.2 Å². The molecule has 1 atom stereocenters. The molecule has 0 aliphatic carbocycles. The van der Waals surface area contributed by atoms with Crippen LogP contribution < -0.4 is 20.3 Å².